The minimum atomic E-state index is 0.0129. The summed E-state index contributed by atoms with van der Waals surface area (Å²) in [7, 11) is 0. The predicted molar refractivity (Wildman–Crippen MR) is 93.8 cm³/mol. The van der Waals surface area contributed by atoms with Crippen molar-refractivity contribution in [3.8, 4) is 5.69 Å². The van der Waals surface area contributed by atoms with Crippen LogP contribution in [0.2, 0.25) is 0 Å². The molecule has 0 bridgehead atoms. The molecule has 0 saturated carbocycles. The van der Waals surface area contributed by atoms with E-state index in [2.05, 4.69) is 24.3 Å². The maximum atomic E-state index is 12.1. The van der Waals surface area contributed by atoms with Crippen molar-refractivity contribution in [2.75, 3.05) is 16.8 Å². The molecule has 0 fully saturated rings. The molecule has 1 amide bonds. The number of nitrogens with zero attached hydrogens (tertiary/aromatic N) is 2. The van der Waals surface area contributed by atoms with Gasteiger partial charge in [0.05, 0.1) is 17.1 Å². The highest BCUT2D eigenvalue weighted by Crippen LogP contribution is 2.18. The van der Waals surface area contributed by atoms with Crippen LogP contribution in [0.4, 0.5) is 5.82 Å². The van der Waals surface area contributed by atoms with Crippen molar-refractivity contribution >= 4 is 23.5 Å². The first-order valence-electron chi connectivity index (χ1n) is 7.47. The second-order valence-electron chi connectivity index (χ2n) is 5.88. The fourth-order valence-electron chi connectivity index (χ4n) is 2.04. The summed E-state index contributed by atoms with van der Waals surface area (Å²) in [4.78, 5) is 12.1. The number of aryl methyl sites for hydroxylation is 2. The lowest BCUT2D eigenvalue weighted by Gasteiger charge is -2.09. The van der Waals surface area contributed by atoms with Gasteiger partial charge in [-0.1, -0.05) is 31.5 Å². The van der Waals surface area contributed by atoms with Gasteiger partial charge in [0, 0.05) is 6.07 Å². The maximum absolute atomic E-state index is 12.1. The molecule has 0 radical (unpaired) electrons. The summed E-state index contributed by atoms with van der Waals surface area (Å²) in [5.41, 5.74) is 3.03. The van der Waals surface area contributed by atoms with Gasteiger partial charge in [0.25, 0.3) is 0 Å². The molecule has 0 saturated heterocycles. The van der Waals surface area contributed by atoms with Gasteiger partial charge in [0.15, 0.2) is 0 Å². The van der Waals surface area contributed by atoms with Crippen molar-refractivity contribution in [1.29, 1.82) is 0 Å². The van der Waals surface area contributed by atoms with Crippen LogP contribution >= 0.6 is 11.8 Å². The zero-order valence-electron chi connectivity index (χ0n) is 13.6. The van der Waals surface area contributed by atoms with Crippen LogP contribution in [0, 0.1) is 19.8 Å². The molecule has 0 spiro atoms. The van der Waals surface area contributed by atoms with E-state index < -0.39 is 0 Å². The van der Waals surface area contributed by atoms with E-state index in [0.29, 0.717) is 11.7 Å². The third-order valence-corrected chi connectivity index (χ3v) is 4.43. The third kappa shape index (κ3) is 4.63. The van der Waals surface area contributed by atoms with Crippen molar-refractivity contribution in [1.82, 2.24) is 9.78 Å². The number of hydrogen-bond acceptors (Lipinski definition) is 3. The molecule has 0 aliphatic rings. The van der Waals surface area contributed by atoms with Gasteiger partial charge in [-0.25, -0.2) is 4.68 Å². The van der Waals surface area contributed by atoms with E-state index in [1.807, 2.05) is 44.2 Å². The van der Waals surface area contributed by atoms with Gasteiger partial charge in [0.2, 0.25) is 5.91 Å². The summed E-state index contributed by atoms with van der Waals surface area (Å²) in [6.07, 6.45) is 0. The second-order valence-corrected chi connectivity index (χ2v) is 6.91. The van der Waals surface area contributed by atoms with E-state index in [4.69, 9.17) is 0 Å². The lowest BCUT2D eigenvalue weighted by atomic mass is 10.2. The van der Waals surface area contributed by atoms with Crippen LogP contribution in [0.25, 0.3) is 5.69 Å². The van der Waals surface area contributed by atoms with E-state index in [9.17, 15) is 4.79 Å². The molecule has 4 nitrogen and oxygen atoms in total. The molecule has 0 unspecified atom stereocenters. The second kappa shape index (κ2) is 7.49. The fraction of sp³-hybridized carbons (Fsp3) is 0.412. The van der Waals surface area contributed by atoms with Crippen LogP contribution in [0.1, 0.15) is 25.1 Å². The fourth-order valence-corrected chi connectivity index (χ4v) is 2.88. The molecule has 1 heterocycles. The maximum Gasteiger partial charge on any atom is 0.235 e. The highest BCUT2D eigenvalue weighted by Gasteiger charge is 2.11. The standard InChI is InChI=1S/C17H23N3OS/c1-12(2)10-22-11-17(21)18-16-9-14(4)19-20(16)15-7-5-13(3)6-8-15/h5-9,12H,10-11H2,1-4H3,(H,18,21). The van der Waals surface area contributed by atoms with E-state index in [1.54, 1.807) is 16.4 Å². The van der Waals surface area contributed by atoms with E-state index >= 15 is 0 Å². The average Bonchev–Trinajstić information content (AvgIpc) is 2.80. The zero-order valence-corrected chi connectivity index (χ0v) is 14.4. The van der Waals surface area contributed by atoms with Crippen molar-refractivity contribution in [3.63, 3.8) is 0 Å². The molecule has 1 aromatic heterocycles. The first-order valence-corrected chi connectivity index (χ1v) is 8.62. The highest BCUT2D eigenvalue weighted by molar-refractivity contribution is 7.99. The summed E-state index contributed by atoms with van der Waals surface area (Å²) < 4.78 is 1.78. The van der Waals surface area contributed by atoms with Crippen molar-refractivity contribution in [3.05, 3.63) is 41.6 Å². The summed E-state index contributed by atoms with van der Waals surface area (Å²) in [6, 6.07) is 9.98. The number of aromatic nitrogens is 2. The molecular formula is C17H23N3OS. The lowest BCUT2D eigenvalue weighted by Crippen LogP contribution is -2.17. The lowest BCUT2D eigenvalue weighted by molar-refractivity contribution is -0.113. The van der Waals surface area contributed by atoms with E-state index in [-0.39, 0.29) is 5.91 Å². The van der Waals surface area contributed by atoms with Gasteiger partial charge in [0.1, 0.15) is 5.82 Å². The summed E-state index contributed by atoms with van der Waals surface area (Å²) in [6.45, 7) is 8.28. The smallest absolute Gasteiger partial charge is 0.235 e. The van der Waals surface area contributed by atoms with Gasteiger partial charge in [-0.05, 0) is 37.7 Å². The molecule has 22 heavy (non-hydrogen) atoms. The Morgan fingerprint density at radius 1 is 1.27 bits per heavy atom. The Morgan fingerprint density at radius 2 is 1.95 bits per heavy atom. The third-order valence-electron chi connectivity index (χ3n) is 3.06. The molecule has 0 aliphatic carbocycles. The minimum absolute atomic E-state index is 0.0129. The van der Waals surface area contributed by atoms with Crippen LogP contribution in [-0.4, -0.2) is 27.2 Å². The number of rotatable bonds is 6. The number of amides is 1. The normalized spacial score (nSPS) is 11.0. The minimum Gasteiger partial charge on any atom is -0.310 e. The molecule has 118 valence electrons. The number of thioether (sulfide) groups is 1. The van der Waals surface area contributed by atoms with Crippen LogP contribution in [0.3, 0.4) is 0 Å². The molecular weight excluding hydrogens is 294 g/mol. The summed E-state index contributed by atoms with van der Waals surface area (Å²) >= 11 is 1.66. The summed E-state index contributed by atoms with van der Waals surface area (Å²) in [5.74, 6) is 2.79. The van der Waals surface area contributed by atoms with Gasteiger partial charge >= 0.3 is 0 Å². The van der Waals surface area contributed by atoms with E-state index in [0.717, 1.165) is 23.0 Å². The molecule has 5 heteroatoms. The Bertz CT molecular complexity index is 632. The number of hydrogen-bond donors (Lipinski definition) is 1. The number of nitrogens with one attached hydrogen (secondary N) is 1. The molecule has 0 aliphatic heterocycles. The molecule has 1 N–H and O–H groups in total. The van der Waals surface area contributed by atoms with Gasteiger partial charge < -0.3 is 5.32 Å². The Labute approximate surface area is 136 Å². The average molecular weight is 317 g/mol. The Hall–Kier alpha value is -1.75. The SMILES string of the molecule is Cc1ccc(-n2nc(C)cc2NC(=O)CSCC(C)C)cc1. The van der Waals surface area contributed by atoms with Gasteiger partial charge in [-0.2, -0.15) is 16.9 Å². The molecule has 1 aromatic carbocycles. The van der Waals surface area contributed by atoms with Crippen LogP contribution in [-0.2, 0) is 4.79 Å². The zero-order chi connectivity index (χ0) is 16.1. The van der Waals surface area contributed by atoms with Crippen molar-refractivity contribution in [2.24, 2.45) is 5.92 Å². The number of carbonyl (C=O) groups is 1. The van der Waals surface area contributed by atoms with Crippen molar-refractivity contribution < 1.29 is 4.79 Å². The highest BCUT2D eigenvalue weighted by atomic mass is 32.2. The van der Waals surface area contributed by atoms with E-state index in [1.165, 1.54) is 5.56 Å². The first kappa shape index (κ1) is 16.6. The summed E-state index contributed by atoms with van der Waals surface area (Å²) in [5, 5.41) is 7.43. The van der Waals surface area contributed by atoms with Gasteiger partial charge in [-0.15, -0.1) is 0 Å². The van der Waals surface area contributed by atoms with Crippen LogP contribution in [0.15, 0.2) is 30.3 Å². The van der Waals surface area contributed by atoms with Gasteiger partial charge in [-0.3, -0.25) is 4.79 Å². The quantitative estimate of drug-likeness (QED) is 0.881. The number of carbonyl (C=O) groups excluding carboxylic acids is 1. The van der Waals surface area contributed by atoms with Crippen LogP contribution in [0.5, 0.6) is 0 Å². The molecule has 2 rings (SSSR count). The Balaban J connectivity index is 2.08. The monoisotopic (exact) mass is 317 g/mol. The molecule has 2 aromatic rings. The van der Waals surface area contributed by atoms with Crippen molar-refractivity contribution in [2.45, 2.75) is 27.7 Å². The topological polar surface area (TPSA) is 46.9 Å². The first-order chi connectivity index (χ1) is 10.5. The van der Waals surface area contributed by atoms with Crippen LogP contribution < -0.4 is 5.32 Å². The Morgan fingerprint density at radius 3 is 2.59 bits per heavy atom. The predicted octanol–water partition coefficient (Wildman–Crippen LogP) is 3.82. The number of benzene rings is 1. The molecule has 0 atom stereocenters. The largest absolute Gasteiger partial charge is 0.310 e. The Kier molecular flexibility index (Phi) is 5.66. The number of anilines is 1.